The van der Waals surface area contributed by atoms with E-state index < -0.39 is 0 Å². The van der Waals surface area contributed by atoms with Gasteiger partial charge in [0.15, 0.2) is 5.82 Å². The van der Waals surface area contributed by atoms with E-state index in [0.717, 1.165) is 5.56 Å². The number of rotatable bonds is 3. The van der Waals surface area contributed by atoms with Gasteiger partial charge in [-0.2, -0.15) is 0 Å². The summed E-state index contributed by atoms with van der Waals surface area (Å²) in [5, 5.41) is 5.20. The molecule has 0 atom stereocenters. The first-order chi connectivity index (χ1) is 9.33. The number of hydrogen-bond donors (Lipinski definition) is 2. The molecule has 0 saturated heterocycles. The van der Waals surface area contributed by atoms with Crippen molar-refractivity contribution in [3.8, 4) is 0 Å². The molecule has 2 aromatic carbocycles. The lowest BCUT2D eigenvalue weighted by Crippen LogP contribution is -2.23. The van der Waals surface area contributed by atoms with Crippen molar-refractivity contribution in [2.75, 3.05) is 0 Å². The first-order valence-corrected chi connectivity index (χ1v) is 6.08. The Bertz CT molecular complexity index is 704. The van der Waals surface area contributed by atoms with E-state index in [9.17, 15) is 4.79 Å². The minimum Gasteiger partial charge on any atom is -0.345 e. The minimum absolute atomic E-state index is 0.196. The van der Waals surface area contributed by atoms with E-state index in [0.29, 0.717) is 12.4 Å². The molecular weight excluding hydrogens is 238 g/mol. The fourth-order valence-electron chi connectivity index (χ4n) is 2.00. The molecule has 4 heteroatoms. The zero-order chi connectivity index (χ0) is 13.1. The average Bonchev–Trinajstić information content (AvgIpc) is 2.99. The standard InChI is InChI=1S/C15H13N3O/c19-15(14-16-7-8-17-14)18-10-11-5-6-12-3-1-2-4-13(12)9-11/h1-9H,10H2,(H,16,17)(H,18,19). The fourth-order valence-corrected chi connectivity index (χ4v) is 2.00. The Labute approximate surface area is 110 Å². The quantitative estimate of drug-likeness (QED) is 0.751. The van der Waals surface area contributed by atoms with Crippen molar-refractivity contribution in [1.29, 1.82) is 0 Å². The summed E-state index contributed by atoms with van der Waals surface area (Å²) in [5.41, 5.74) is 1.07. The molecular formula is C15H13N3O. The third kappa shape index (κ3) is 2.47. The molecule has 0 aliphatic carbocycles. The molecule has 94 valence electrons. The molecule has 0 unspecified atom stereocenters. The Hall–Kier alpha value is -2.62. The number of carbonyl (C=O) groups excluding carboxylic acids is 1. The fraction of sp³-hybridized carbons (Fsp3) is 0.0667. The molecule has 19 heavy (non-hydrogen) atoms. The molecule has 0 spiro atoms. The van der Waals surface area contributed by atoms with E-state index in [1.165, 1.54) is 10.8 Å². The van der Waals surface area contributed by atoms with Crippen LogP contribution in [0.2, 0.25) is 0 Å². The highest BCUT2D eigenvalue weighted by molar-refractivity contribution is 5.90. The predicted molar refractivity (Wildman–Crippen MR) is 73.7 cm³/mol. The van der Waals surface area contributed by atoms with Gasteiger partial charge in [-0.1, -0.05) is 36.4 Å². The number of fused-ring (bicyclic) bond motifs is 1. The van der Waals surface area contributed by atoms with Gasteiger partial charge in [-0.25, -0.2) is 4.98 Å². The van der Waals surface area contributed by atoms with Crippen molar-refractivity contribution in [3.05, 3.63) is 66.2 Å². The molecule has 0 saturated carbocycles. The van der Waals surface area contributed by atoms with Crippen LogP contribution >= 0.6 is 0 Å². The van der Waals surface area contributed by atoms with Crippen molar-refractivity contribution in [3.63, 3.8) is 0 Å². The zero-order valence-electron chi connectivity index (χ0n) is 10.3. The third-order valence-corrected chi connectivity index (χ3v) is 2.98. The number of nitrogens with zero attached hydrogens (tertiary/aromatic N) is 1. The van der Waals surface area contributed by atoms with Gasteiger partial charge < -0.3 is 10.3 Å². The summed E-state index contributed by atoms with van der Waals surface area (Å²) in [6.45, 7) is 0.490. The third-order valence-electron chi connectivity index (χ3n) is 2.98. The van der Waals surface area contributed by atoms with Crippen molar-refractivity contribution < 1.29 is 4.79 Å². The van der Waals surface area contributed by atoms with Gasteiger partial charge >= 0.3 is 0 Å². The summed E-state index contributed by atoms with van der Waals surface area (Å²) in [4.78, 5) is 18.4. The van der Waals surface area contributed by atoms with Crippen LogP contribution in [0.1, 0.15) is 16.2 Å². The Balaban J connectivity index is 1.73. The van der Waals surface area contributed by atoms with Crippen molar-refractivity contribution in [1.82, 2.24) is 15.3 Å². The number of aromatic amines is 1. The summed E-state index contributed by atoms with van der Waals surface area (Å²) >= 11 is 0. The maximum absolute atomic E-state index is 11.7. The van der Waals surface area contributed by atoms with Crippen LogP contribution in [-0.4, -0.2) is 15.9 Å². The van der Waals surface area contributed by atoms with Gasteiger partial charge in [0.2, 0.25) is 0 Å². The number of hydrogen-bond acceptors (Lipinski definition) is 2. The number of imidazole rings is 1. The average molecular weight is 251 g/mol. The van der Waals surface area contributed by atoms with Crippen molar-refractivity contribution in [2.24, 2.45) is 0 Å². The molecule has 0 aliphatic rings. The van der Waals surface area contributed by atoms with E-state index >= 15 is 0 Å². The highest BCUT2D eigenvalue weighted by Crippen LogP contribution is 2.15. The van der Waals surface area contributed by atoms with Gasteiger partial charge in [-0.15, -0.1) is 0 Å². The molecule has 3 rings (SSSR count). The molecule has 4 nitrogen and oxygen atoms in total. The van der Waals surface area contributed by atoms with E-state index in [4.69, 9.17) is 0 Å². The van der Waals surface area contributed by atoms with Gasteiger partial charge in [0, 0.05) is 18.9 Å². The molecule has 1 aromatic heterocycles. The summed E-state index contributed by atoms with van der Waals surface area (Å²) in [5.74, 6) is 0.138. The number of carbonyl (C=O) groups is 1. The van der Waals surface area contributed by atoms with Gasteiger partial charge in [-0.3, -0.25) is 4.79 Å². The normalized spacial score (nSPS) is 10.5. The monoisotopic (exact) mass is 251 g/mol. The van der Waals surface area contributed by atoms with Crippen LogP contribution in [0.15, 0.2) is 54.9 Å². The predicted octanol–water partition coefficient (Wildman–Crippen LogP) is 2.49. The summed E-state index contributed by atoms with van der Waals surface area (Å²) < 4.78 is 0. The van der Waals surface area contributed by atoms with E-state index in [1.807, 2.05) is 18.2 Å². The second-order valence-corrected chi connectivity index (χ2v) is 4.30. The minimum atomic E-state index is -0.196. The lowest BCUT2D eigenvalue weighted by molar-refractivity contribution is 0.0941. The second-order valence-electron chi connectivity index (χ2n) is 4.30. The number of H-pyrrole nitrogens is 1. The Morgan fingerprint density at radius 2 is 2.00 bits per heavy atom. The maximum atomic E-state index is 11.7. The van der Waals surface area contributed by atoms with Gasteiger partial charge in [-0.05, 0) is 22.4 Å². The van der Waals surface area contributed by atoms with Crippen LogP contribution < -0.4 is 5.32 Å². The topological polar surface area (TPSA) is 57.8 Å². The van der Waals surface area contributed by atoms with E-state index in [-0.39, 0.29) is 5.91 Å². The molecule has 0 fully saturated rings. The SMILES string of the molecule is O=C(NCc1ccc2ccccc2c1)c1ncc[nH]1. The number of amides is 1. The first kappa shape index (κ1) is 11.5. The van der Waals surface area contributed by atoms with Crippen LogP contribution in [0.3, 0.4) is 0 Å². The van der Waals surface area contributed by atoms with Gasteiger partial charge in [0.1, 0.15) is 0 Å². The second kappa shape index (κ2) is 4.94. The summed E-state index contributed by atoms with van der Waals surface area (Å²) in [6.07, 6.45) is 3.19. The van der Waals surface area contributed by atoms with Gasteiger partial charge in [0.05, 0.1) is 0 Å². The highest BCUT2D eigenvalue weighted by Gasteiger charge is 2.06. The highest BCUT2D eigenvalue weighted by atomic mass is 16.2. The van der Waals surface area contributed by atoms with Crippen LogP contribution in [-0.2, 0) is 6.54 Å². The molecule has 3 aromatic rings. The van der Waals surface area contributed by atoms with E-state index in [1.54, 1.807) is 12.4 Å². The first-order valence-electron chi connectivity index (χ1n) is 6.08. The van der Waals surface area contributed by atoms with Crippen molar-refractivity contribution >= 4 is 16.7 Å². The van der Waals surface area contributed by atoms with Crippen LogP contribution in [0.5, 0.6) is 0 Å². The Morgan fingerprint density at radius 3 is 2.79 bits per heavy atom. The van der Waals surface area contributed by atoms with Crippen LogP contribution in [0, 0.1) is 0 Å². The molecule has 0 radical (unpaired) electrons. The Morgan fingerprint density at radius 1 is 1.16 bits per heavy atom. The van der Waals surface area contributed by atoms with Crippen LogP contribution in [0.4, 0.5) is 0 Å². The number of nitrogens with one attached hydrogen (secondary N) is 2. The number of aromatic nitrogens is 2. The smallest absolute Gasteiger partial charge is 0.287 e. The zero-order valence-corrected chi connectivity index (χ0v) is 10.3. The van der Waals surface area contributed by atoms with Crippen LogP contribution in [0.25, 0.3) is 10.8 Å². The Kier molecular flexibility index (Phi) is 2.98. The summed E-state index contributed by atoms with van der Waals surface area (Å²) in [7, 11) is 0. The van der Waals surface area contributed by atoms with E-state index in [2.05, 4.69) is 39.6 Å². The molecule has 2 N–H and O–H groups in total. The lowest BCUT2D eigenvalue weighted by atomic mass is 10.1. The summed E-state index contributed by atoms with van der Waals surface area (Å²) in [6, 6.07) is 14.3. The number of benzene rings is 2. The maximum Gasteiger partial charge on any atom is 0.287 e. The molecule has 1 heterocycles. The molecule has 0 aliphatic heterocycles. The van der Waals surface area contributed by atoms with Crippen molar-refractivity contribution in [2.45, 2.75) is 6.54 Å². The van der Waals surface area contributed by atoms with Gasteiger partial charge in [0.25, 0.3) is 5.91 Å². The lowest BCUT2D eigenvalue weighted by Gasteiger charge is -2.05. The molecule has 0 bridgehead atoms. The largest absolute Gasteiger partial charge is 0.345 e. The molecule has 1 amide bonds.